The Morgan fingerprint density at radius 1 is 0.727 bits per heavy atom. The number of benzene rings is 3. The second-order valence-electron chi connectivity index (χ2n) is 9.33. The zero-order chi connectivity index (χ0) is 23.5. The molecule has 0 amide bonds. The predicted molar refractivity (Wildman–Crippen MR) is 134 cm³/mol. The predicted octanol–water partition coefficient (Wildman–Crippen LogP) is 4.53. The number of hydrogen-bond acceptors (Lipinski definition) is 3. The Labute approximate surface area is 197 Å². The molecule has 0 saturated carbocycles. The zero-order valence-corrected chi connectivity index (χ0v) is 19.6. The number of aromatic nitrogens is 2. The van der Waals surface area contributed by atoms with Gasteiger partial charge in [0.05, 0.1) is 11.2 Å². The summed E-state index contributed by atoms with van der Waals surface area (Å²) in [6, 6.07) is 31.2. The van der Waals surface area contributed by atoms with Crippen molar-refractivity contribution in [2.75, 3.05) is 0 Å². The highest BCUT2D eigenvalue weighted by molar-refractivity contribution is 6.46. The second-order valence-corrected chi connectivity index (χ2v) is 9.33. The van der Waals surface area contributed by atoms with Crippen molar-refractivity contribution in [2.24, 2.45) is 0 Å². The minimum Gasteiger partial charge on any atom is -0.427 e. The fraction of sp³-hybridized carbons (Fsp3) is 0.250. The summed E-state index contributed by atoms with van der Waals surface area (Å²) in [6.07, 6.45) is 3.79. The first-order valence-electron chi connectivity index (χ1n) is 11.2. The Bertz CT molecular complexity index is 1070. The smallest absolute Gasteiger partial charge is 0.334 e. The quantitative estimate of drug-likeness (QED) is 0.325. The van der Waals surface area contributed by atoms with Crippen molar-refractivity contribution in [3.05, 3.63) is 120 Å². The lowest BCUT2D eigenvalue weighted by molar-refractivity contribution is -0.0893. The highest BCUT2D eigenvalue weighted by atomic mass is 16.5. The monoisotopic (exact) mass is 437 g/mol. The second kappa shape index (κ2) is 9.01. The normalized spacial score (nSPS) is 12.5. The van der Waals surface area contributed by atoms with E-state index in [1.54, 1.807) is 27.5 Å². The van der Waals surface area contributed by atoms with Crippen LogP contribution in [0.5, 0.6) is 0 Å². The van der Waals surface area contributed by atoms with E-state index >= 15 is 0 Å². The third kappa shape index (κ3) is 4.39. The van der Waals surface area contributed by atoms with Gasteiger partial charge in [-0.25, -0.2) is 0 Å². The molecular formula is C28H30BN2O2. The van der Waals surface area contributed by atoms with Crippen LogP contribution in [0, 0.1) is 0 Å². The number of rotatable bonds is 8. The van der Waals surface area contributed by atoms with Crippen LogP contribution in [0.1, 0.15) is 44.4 Å². The molecule has 0 saturated heterocycles. The third-order valence-corrected chi connectivity index (χ3v) is 6.48. The summed E-state index contributed by atoms with van der Waals surface area (Å²) < 4.78 is 7.99. The molecule has 0 unspecified atom stereocenters. The molecule has 1 heterocycles. The van der Waals surface area contributed by atoms with Crippen LogP contribution in [0.15, 0.2) is 103 Å². The molecule has 1 aromatic heterocycles. The first-order chi connectivity index (χ1) is 15.7. The molecule has 4 nitrogen and oxygen atoms in total. The number of nitrogens with zero attached hydrogens (tertiary/aromatic N) is 2. The van der Waals surface area contributed by atoms with Crippen molar-refractivity contribution < 1.29 is 9.76 Å². The lowest BCUT2D eigenvalue weighted by Crippen LogP contribution is -2.49. The molecule has 0 spiro atoms. The van der Waals surface area contributed by atoms with Crippen LogP contribution in [0.3, 0.4) is 0 Å². The van der Waals surface area contributed by atoms with Crippen LogP contribution >= 0.6 is 0 Å². The molecule has 0 aliphatic heterocycles. The van der Waals surface area contributed by atoms with Gasteiger partial charge in [0.1, 0.15) is 5.54 Å². The first kappa shape index (κ1) is 23.0. The summed E-state index contributed by atoms with van der Waals surface area (Å²) in [4.78, 5) is 0. The molecule has 5 heteroatoms. The molecule has 0 fully saturated rings. The molecule has 33 heavy (non-hydrogen) atoms. The highest BCUT2D eigenvalue weighted by Gasteiger charge is 2.40. The maximum atomic E-state index is 10.4. The van der Waals surface area contributed by atoms with Gasteiger partial charge in [-0.15, -0.1) is 0 Å². The van der Waals surface area contributed by atoms with Gasteiger partial charge in [0.15, 0.2) is 0 Å². The van der Waals surface area contributed by atoms with Crippen LogP contribution in [-0.2, 0) is 10.2 Å². The van der Waals surface area contributed by atoms with Gasteiger partial charge in [0, 0.05) is 12.4 Å². The van der Waals surface area contributed by atoms with Gasteiger partial charge in [-0.1, -0.05) is 91.0 Å². The van der Waals surface area contributed by atoms with E-state index in [1.165, 1.54) is 0 Å². The highest BCUT2D eigenvalue weighted by Crippen LogP contribution is 2.39. The van der Waals surface area contributed by atoms with Crippen LogP contribution in [0.25, 0.3) is 0 Å². The van der Waals surface area contributed by atoms with Crippen LogP contribution in [-0.4, -0.2) is 33.6 Å². The van der Waals surface area contributed by atoms with E-state index in [1.807, 2.05) is 42.9 Å². The fourth-order valence-electron chi connectivity index (χ4n) is 3.88. The molecular weight excluding hydrogens is 407 g/mol. The Morgan fingerprint density at radius 2 is 1.15 bits per heavy atom. The van der Waals surface area contributed by atoms with Gasteiger partial charge in [0.25, 0.3) is 0 Å². The van der Waals surface area contributed by atoms with Crippen LogP contribution in [0.4, 0.5) is 0 Å². The number of hydrogen-bond donors (Lipinski definition) is 1. The van der Waals surface area contributed by atoms with E-state index < -0.39 is 16.7 Å². The van der Waals surface area contributed by atoms with Crippen molar-refractivity contribution in [1.82, 2.24) is 9.78 Å². The summed E-state index contributed by atoms with van der Waals surface area (Å²) in [5, 5.41) is 15.3. The van der Waals surface area contributed by atoms with Gasteiger partial charge >= 0.3 is 7.48 Å². The van der Waals surface area contributed by atoms with Crippen molar-refractivity contribution in [3.8, 4) is 0 Å². The summed E-state index contributed by atoms with van der Waals surface area (Å²) in [6.45, 7) is 7.23. The molecule has 0 atom stereocenters. The van der Waals surface area contributed by atoms with Crippen LogP contribution in [0.2, 0.25) is 0 Å². The molecule has 3 aromatic carbocycles. The molecule has 0 aliphatic carbocycles. The van der Waals surface area contributed by atoms with Gasteiger partial charge in [-0.05, 0) is 49.8 Å². The summed E-state index contributed by atoms with van der Waals surface area (Å²) in [5.74, 6) is 0. The number of aliphatic hydroxyl groups is 1. The lowest BCUT2D eigenvalue weighted by Gasteiger charge is -2.37. The van der Waals surface area contributed by atoms with Gasteiger partial charge in [0.2, 0.25) is 0 Å². The Morgan fingerprint density at radius 3 is 1.55 bits per heavy atom. The van der Waals surface area contributed by atoms with E-state index in [2.05, 4.69) is 72.8 Å². The maximum absolute atomic E-state index is 10.4. The van der Waals surface area contributed by atoms with Gasteiger partial charge < -0.3 is 9.76 Å². The summed E-state index contributed by atoms with van der Waals surface area (Å²) >= 11 is 0. The molecule has 1 N–H and O–H groups in total. The largest absolute Gasteiger partial charge is 0.427 e. The van der Waals surface area contributed by atoms with Crippen molar-refractivity contribution >= 4 is 12.9 Å². The average Bonchev–Trinajstić information content (AvgIpc) is 3.29. The minimum atomic E-state index is -0.999. The zero-order valence-electron chi connectivity index (χ0n) is 19.6. The Balaban J connectivity index is 1.85. The minimum absolute atomic E-state index is 0.665. The van der Waals surface area contributed by atoms with E-state index in [4.69, 9.17) is 9.75 Å². The summed E-state index contributed by atoms with van der Waals surface area (Å²) in [5.41, 5.74) is 1.71. The maximum Gasteiger partial charge on any atom is 0.334 e. The van der Waals surface area contributed by atoms with E-state index in [-0.39, 0.29) is 0 Å². The van der Waals surface area contributed by atoms with Crippen molar-refractivity contribution in [3.63, 3.8) is 0 Å². The lowest BCUT2D eigenvalue weighted by atomic mass is 9.77. The van der Waals surface area contributed by atoms with Crippen molar-refractivity contribution in [1.29, 1.82) is 0 Å². The van der Waals surface area contributed by atoms with Crippen molar-refractivity contribution in [2.45, 2.75) is 44.4 Å². The molecule has 0 bridgehead atoms. The standard InChI is InChI=1S/C28H30BN2O2/c1-26(2,32)27(3,4)33-29-25-20-30-31(21-25)28(22-14-8-5-9-15-22,23-16-10-6-11-17-23)24-18-12-7-13-19-24/h5-21,32H,1-4H3. The Kier molecular flexibility index (Phi) is 6.29. The van der Waals surface area contributed by atoms with Crippen LogP contribution < -0.4 is 5.46 Å². The average molecular weight is 437 g/mol. The van der Waals surface area contributed by atoms with E-state index in [9.17, 15) is 5.11 Å². The fourth-order valence-corrected chi connectivity index (χ4v) is 3.88. The molecule has 167 valence electrons. The van der Waals surface area contributed by atoms with E-state index in [0.29, 0.717) is 0 Å². The Hall–Kier alpha value is -3.15. The van der Waals surface area contributed by atoms with Gasteiger partial charge in [-0.2, -0.15) is 5.10 Å². The van der Waals surface area contributed by atoms with E-state index in [0.717, 1.165) is 22.2 Å². The van der Waals surface area contributed by atoms with Gasteiger partial charge in [-0.3, -0.25) is 4.68 Å². The topological polar surface area (TPSA) is 47.3 Å². The third-order valence-electron chi connectivity index (χ3n) is 6.48. The molecule has 0 aliphatic rings. The molecule has 4 aromatic rings. The first-order valence-corrected chi connectivity index (χ1v) is 11.2. The summed E-state index contributed by atoms with van der Waals surface area (Å²) in [7, 11) is 1.67. The molecule has 4 rings (SSSR count). The molecule has 1 radical (unpaired) electrons. The SMILES string of the molecule is CC(C)(O)C(C)(C)O[B]c1cnn(C(c2ccccc2)(c2ccccc2)c2ccccc2)c1.